The molecule has 15 heavy (non-hydrogen) atoms. The first kappa shape index (κ1) is 11.3. The molecular formula is C8H8N2O4S. The maximum absolute atomic E-state index is 10.7. The first-order chi connectivity index (χ1) is 6.88. The number of hydrogen-bond acceptors (Lipinski definition) is 4. The van der Waals surface area contributed by atoms with Crippen LogP contribution in [0.2, 0.25) is 0 Å². The molecule has 0 N–H and O–H groups in total. The third kappa shape index (κ3) is 3.86. The van der Waals surface area contributed by atoms with Crippen molar-refractivity contribution in [2.45, 2.75) is 0 Å². The Kier molecular flexibility index (Phi) is 3.15. The molecule has 0 fully saturated rings. The third-order valence-electron chi connectivity index (χ3n) is 1.47. The van der Waals surface area contributed by atoms with Crippen LogP contribution < -0.4 is 0 Å². The van der Waals surface area contributed by atoms with Crippen LogP contribution >= 0.6 is 0 Å². The van der Waals surface area contributed by atoms with E-state index in [9.17, 15) is 18.5 Å². The standard InChI is InChI=1S/C8H8N2O4S/c1-15(13,14)9-6-7-3-2-4-8(5-7)10(11)12/h2-6H,1H3/b9-6+. The maximum Gasteiger partial charge on any atom is 0.270 e. The predicted molar refractivity (Wildman–Crippen MR) is 55.5 cm³/mol. The SMILES string of the molecule is CS(=O)(=O)/N=C/c1cccc([N+](=O)[O-])c1. The first-order valence-corrected chi connectivity index (χ1v) is 5.73. The molecule has 0 unspecified atom stereocenters. The summed E-state index contributed by atoms with van der Waals surface area (Å²) in [5, 5.41) is 10.4. The number of non-ortho nitro benzene ring substituents is 1. The lowest BCUT2D eigenvalue weighted by atomic mass is 10.2. The zero-order valence-electron chi connectivity index (χ0n) is 7.82. The normalized spacial score (nSPS) is 11.8. The van der Waals surface area contributed by atoms with Crippen LogP contribution in [0.1, 0.15) is 5.56 Å². The van der Waals surface area contributed by atoms with Crippen LogP contribution in [0.15, 0.2) is 28.7 Å². The van der Waals surface area contributed by atoms with Gasteiger partial charge in [-0.2, -0.15) is 4.40 Å². The fraction of sp³-hybridized carbons (Fsp3) is 0.125. The molecule has 0 aliphatic heterocycles. The van der Waals surface area contributed by atoms with E-state index in [1.54, 1.807) is 0 Å². The summed E-state index contributed by atoms with van der Waals surface area (Å²) < 4.78 is 24.6. The number of nitro benzene ring substituents is 1. The molecule has 0 heterocycles. The zero-order valence-corrected chi connectivity index (χ0v) is 8.64. The lowest BCUT2D eigenvalue weighted by molar-refractivity contribution is -0.384. The molecule has 1 aromatic rings. The van der Waals surface area contributed by atoms with Gasteiger partial charge in [0.15, 0.2) is 0 Å². The molecule has 0 radical (unpaired) electrons. The maximum atomic E-state index is 10.7. The van der Waals surface area contributed by atoms with E-state index in [1.165, 1.54) is 24.3 Å². The zero-order chi connectivity index (χ0) is 11.5. The van der Waals surface area contributed by atoms with Gasteiger partial charge in [0.1, 0.15) is 0 Å². The predicted octanol–water partition coefficient (Wildman–Crippen LogP) is 0.973. The summed E-state index contributed by atoms with van der Waals surface area (Å²) in [6.07, 6.45) is 2.02. The van der Waals surface area contributed by atoms with Crippen LogP contribution in [0.25, 0.3) is 0 Å². The van der Waals surface area contributed by atoms with Crippen LogP contribution in [-0.4, -0.2) is 25.8 Å². The van der Waals surface area contributed by atoms with Gasteiger partial charge in [-0.1, -0.05) is 12.1 Å². The molecule has 0 amide bonds. The second-order valence-corrected chi connectivity index (χ2v) is 4.50. The van der Waals surface area contributed by atoms with Gasteiger partial charge in [0, 0.05) is 23.9 Å². The van der Waals surface area contributed by atoms with Gasteiger partial charge in [-0.15, -0.1) is 0 Å². The summed E-state index contributed by atoms with van der Waals surface area (Å²) in [6, 6.07) is 5.55. The van der Waals surface area contributed by atoms with Crippen molar-refractivity contribution in [1.29, 1.82) is 0 Å². The number of rotatable bonds is 3. The smallest absolute Gasteiger partial charge is 0.258 e. The first-order valence-electron chi connectivity index (χ1n) is 3.88. The summed E-state index contributed by atoms with van der Waals surface area (Å²) in [5.41, 5.74) is 0.266. The average Bonchev–Trinajstić information content (AvgIpc) is 2.14. The molecule has 1 rings (SSSR count). The molecule has 0 bridgehead atoms. The number of benzene rings is 1. The molecule has 0 spiro atoms. The Morgan fingerprint density at radius 1 is 1.47 bits per heavy atom. The van der Waals surface area contributed by atoms with Crippen molar-refractivity contribution in [2.75, 3.05) is 6.26 Å². The number of hydrogen-bond donors (Lipinski definition) is 0. The highest BCUT2D eigenvalue weighted by molar-refractivity contribution is 7.89. The van der Waals surface area contributed by atoms with E-state index in [4.69, 9.17) is 0 Å². The van der Waals surface area contributed by atoms with Gasteiger partial charge >= 0.3 is 0 Å². The monoisotopic (exact) mass is 228 g/mol. The molecule has 0 aromatic heterocycles. The van der Waals surface area contributed by atoms with Gasteiger partial charge < -0.3 is 0 Å². The Bertz CT molecular complexity index is 507. The molecule has 6 nitrogen and oxygen atoms in total. The van der Waals surface area contributed by atoms with Crippen LogP contribution in [0.5, 0.6) is 0 Å². The molecule has 0 saturated carbocycles. The molecule has 0 atom stereocenters. The fourth-order valence-corrected chi connectivity index (χ4v) is 1.19. The molecule has 80 valence electrons. The highest BCUT2D eigenvalue weighted by Gasteiger charge is 2.04. The minimum atomic E-state index is -3.46. The molecule has 0 aliphatic rings. The Morgan fingerprint density at radius 3 is 2.67 bits per heavy atom. The highest BCUT2D eigenvalue weighted by Crippen LogP contribution is 2.11. The molecule has 7 heteroatoms. The number of sulfonamides is 1. The molecular weight excluding hydrogens is 220 g/mol. The fourth-order valence-electron chi connectivity index (χ4n) is 0.875. The summed E-state index contributed by atoms with van der Waals surface area (Å²) in [6.45, 7) is 0. The van der Waals surface area contributed by atoms with Crippen molar-refractivity contribution in [3.8, 4) is 0 Å². The summed E-state index contributed by atoms with van der Waals surface area (Å²) >= 11 is 0. The third-order valence-corrected chi connectivity index (χ3v) is 1.96. The molecule has 1 aromatic carbocycles. The van der Waals surface area contributed by atoms with Gasteiger partial charge in [-0.3, -0.25) is 10.1 Å². The van der Waals surface area contributed by atoms with Gasteiger partial charge in [0.2, 0.25) is 10.0 Å². The van der Waals surface area contributed by atoms with Crippen LogP contribution in [0.3, 0.4) is 0 Å². The van der Waals surface area contributed by atoms with E-state index in [0.717, 1.165) is 12.5 Å². The van der Waals surface area contributed by atoms with Crippen LogP contribution in [0.4, 0.5) is 5.69 Å². The van der Waals surface area contributed by atoms with E-state index >= 15 is 0 Å². The Hall–Kier alpha value is -1.76. The lowest BCUT2D eigenvalue weighted by Gasteiger charge is -1.93. The molecule has 0 saturated heterocycles. The van der Waals surface area contributed by atoms with Crippen molar-refractivity contribution in [3.05, 3.63) is 39.9 Å². The van der Waals surface area contributed by atoms with E-state index in [1.807, 2.05) is 0 Å². The topological polar surface area (TPSA) is 89.6 Å². The van der Waals surface area contributed by atoms with Crippen molar-refractivity contribution >= 4 is 21.9 Å². The van der Waals surface area contributed by atoms with E-state index in [2.05, 4.69) is 4.40 Å². The van der Waals surface area contributed by atoms with Gasteiger partial charge in [0.25, 0.3) is 5.69 Å². The largest absolute Gasteiger partial charge is 0.270 e. The van der Waals surface area contributed by atoms with Gasteiger partial charge in [0.05, 0.1) is 11.2 Å². The van der Waals surface area contributed by atoms with E-state index in [0.29, 0.717) is 5.56 Å². The number of nitrogens with zero attached hydrogens (tertiary/aromatic N) is 2. The van der Waals surface area contributed by atoms with Crippen molar-refractivity contribution < 1.29 is 13.3 Å². The van der Waals surface area contributed by atoms with Crippen molar-refractivity contribution in [2.24, 2.45) is 4.40 Å². The molecule has 0 aliphatic carbocycles. The van der Waals surface area contributed by atoms with Gasteiger partial charge in [-0.25, -0.2) is 8.42 Å². The van der Waals surface area contributed by atoms with Crippen molar-refractivity contribution in [1.82, 2.24) is 0 Å². The van der Waals surface area contributed by atoms with E-state index in [-0.39, 0.29) is 5.69 Å². The highest BCUT2D eigenvalue weighted by atomic mass is 32.2. The minimum absolute atomic E-state index is 0.104. The second kappa shape index (κ2) is 4.18. The summed E-state index contributed by atoms with van der Waals surface area (Å²) in [4.78, 5) is 9.84. The summed E-state index contributed by atoms with van der Waals surface area (Å²) in [5.74, 6) is 0. The quantitative estimate of drug-likeness (QED) is 0.438. The van der Waals surface area contributed by atoms with Crippen LogP contribution in [-0.2, 0) is 10.0 Å². The minimum Gasteiger partial charge on any atom is -0.258 e. The van der Waals surface area contributed by atoms with Crippen molar-refractivity contribution in [3.63, 3.8) is 0 Å². The summed E-state index contributed by atoms with van der Waals surface area (Å²) in [7, 11) is -3.46. The van der Waals surface area contributed by atoms with E-state index < -0.39 is 14.9 Å². The Balaban J connectivity index is 3.02. The van der Waals surface area contributed by atoms with Gasteiger partial charge in [-0.05, 0) is 0 Å². The number of nitro groups is 1. The van der Waals surface area contributed by atoms with Crippen LogP contribution in [0, 0.1) is 10.1 Å². The Labute approximate surface area is 86.5 Å². The second-order valence-electron chi connectivity index (χ2n) is 2.82. The lowest BCUT2D eigenvalue weighted by Crippen LogP contribution is -1.93. The Morgan fingerprint density at radius 2 is 2.13 bits per heavy atom. The average molecular weight is 228 g/mol.